The molecular formula is C22H21F2N5O2. The van der Waals surface area contributed by atoms with E-state index < -0.39 is 12.5 Å². The van der Waals surface area contributed by atoms with Crippen LogP contribution in [0.25, 0.3) is 16.6 Å². The van der Waals surface area contributed by atoms with Crippen molar-refractivity contribution >= 4 is 22.4 Å². The molecule has 4 aromatic rings. The van der Waals surface area contributed by atoms with Crippen LogP contribution in [0.1, 0.15) is 30.9 Å². The van der Waals surface area contributed by atoms with E-state index in [1.807, 2.05) is 6.92 Å². The van der Waals surface area contributed by atoms with E-state index in [1.165, 1.54) is 18.2 Å². The van der Waals surface area contributed by atoms with Crippen LogP contribution in [0.15, 0.2) is 53.6 Å². The summed E-state index contributed by atoms with van der Waals surface area (Å²) < 4.78 is 31.1. The molecule has 0 radical (unpaired) electrons. The van der Waals surface area contributed by atoms with Gasteiger partial charge in [0.1, 0.15) is 12.4 Å². The summed E-state index contributed by atoms with van der Waals surface area (Å²) in [5.41, 5.74) is 1.30. The van der Waals surface area contributed by atoms with Crippen LogP contribution in [0, 0.1) is 0 Å². The number of nitrogens with zero attached hydrogens (tertiary/aromatic N) is 4. The Morgan fingerprint density at radius 2 is 2.06 bits per heavy atom. The zero-order chi connectivity index (χ0) is 21.8. The number of anilines is 1. The maximum atomic E-state index is 13.9. The lowest BCUT2D eigenvalue weighted by atomic mass is 10.1. The molecule has 3 heterocycles. The molecule has 2 N–H and O–H groups in total. The first kappa shape index (κ1) is 19.6. The van der Waals surface area contributed by atoms with Gasteiger partial charge in [-0.05, 0) is 31.4 Å². The van der Waals surface area contributed by atoms with Crippen molar-refractivity contribution in [2.24, 2.45) is 0 Å². The summed E-state index contributed by atoms with van der Waals surface area (Å²) in [5, 5.41) is 17.2. The smallest absolute Gasteiger partial charge is 0.295 e. The topological polar surface area (TPSA) is 84.4 Å². The first-order valence-corrected chi connectivity index (χ1v) is 10.0. The van der Waals surface area contributed by atoms with Crippen molar-refractivity contribution in [3.8, 4) is 0 Å². The summed E-state index contributed by atoms with van der Waals surface area (Å²) in [6.45, 7) is 1.04. The molecule has 31 heavy (non-hydrogen) atoms. The molecule has 0 atom stereocenters. The van der Waals surface area contributed by atoms with E-state index in [0.29, 0.717) is 22.5 Å². The first-order chi connectivity index (χ1) is 14.8. The molecule has 0 amide bonds. The second kappa shape index (κ2) is 6.84. The molecule has 5 rings (SSSR count). The molecule has 1 aromatic carbocycles. The van der Waals surface area contributed by atoms with Crippen molar-refractivity contribution < 1.29 is 13.9 Å². The van der Waals surface area contributed by atoms with Crippen LogP contribution in [-0.2, 0) is 18.0 Å². The van der Waals surface area contributed by atoms with Gasteiger partial charge in [0.25, 0.3) is 11.5 Å². The second-order valence-corrected chi connectivity index (χ2v) is 8.26. The van der Waals surface area contributed by atoms with Gasteiger partial charge in [0, 0.05) is 36.0 Å². The SMILES string of the molecule is CC1(n2cc3c(NCc4cccc(C(F)(F)CO)c4)nc4ccnn4c3cc2=O)CC1. The van der Waals surface area contributed by atoms with Crippen molar-refractivity contribution in [2.45, 2.75) is 37.8 Å². The Morgan fingerprint density at radius 1 is 1.26 bits per heavy atom. The molecular weight excluding hydrogens is 404 g/mol. The Bertz CT molecular complexity index is 1360. The average Bonchev–Trinajstić information content (AvgIpc) is 3.32. The summed E-state index contributed by atoms with van der Waals surface area (Å²) in [4.78, 5) is 17.4. The van der Waals surface area contributed by atoms with E-state index >= 15 is 0 Å². The Labute approximate surface area is 176 Å². The third-order valence-electron chi connectivity index (χ3n) is 5.93. The van der Waals surface area contributed by atoms with Gasteiger partial charge in [-0.3, -0.25) is 4.79 Å². The van der Waals surface area contributed by atoms with Gasteiger partial charge in [-0.1, -0.05) is 18.2 Å². The minimum absolute atomic E-state index is 0.0969. The van der Waals surface area contributed by atoms with Crippen LogP contribution in [0.5, 0.6) is 0 Å². The largest absolute Gasteiger partial charge is 0.390 e. The van der Waals surface area contributed by atoms with Gasteiger partial charge in [0.15, 0.2) is 5.65 Å². The zero-order valence-electron chi connectivity index (χ0n) is 16.8. The molecule has 9 heteroatoms. The third-order valence-corrected chi connectivity index (χ3v) is 5.93. The molecule has 7 nitrogen and oxygen atoms in total. The molecule has 0 spiro atoms. The number of aromatic nitrogens is 4. The van der Waals surface area contributed by atoms with Crippen LogP contribution >= 0.6 is 0 Å². The lowest BCUT2D eigenvalue weighted by molar-refractivity contribution is -0.0556. The van der Waals surface area contributed by atoms with Crippen molar-refractivity contribution in [1.29, 1.82) is 0 Å². The van der Waals surface area contributed by atoms with E-state index in [-0.39, 0.29) is 23.2 Å². The van der Waals surface area contributed by atoms with Crippen molar-refractivity contribution in [3.63, 3.8) is 0 Å². The number of hydrogen-bond acceptors (Lipinski definition) is 5. The van der Waals surface area contributed by atoms with Crippen LogP contribution in [0.3, 0.4) is 0 Å². The van der Waals surface area contributed by atoms with E-state index in [1.54, 1.807) is 39.7 Å². The molecule has 3 aromatic heterocycles. The fraction of sp³-hybridized carbons (Fsp3) is 0.318. The third kappa shape index (κ3) is 3.34. The van der Waals surface area contributed by atoms with E-state index in [9.17, 15) is 13.6 Å². The average molecular weight is 425 g/mol. The zero-order valence-corrected chi connectivity index (χ0v) is 16.8. The molecule has 1 aliphatic carbocycles. The fourth-order valence-corrected chi connectivity index (χ4v) is 3.79. The van der Waals surface area contributed by atoms with Crippen LogP contribution in [0.4, 0.5) is 14.6 Å². The maximum absolute atomic E-state index is 13.9. The number of pyridine rings is 1. The molecule has 0 bridgehead atoms. The Balaban J connectivity index is 1.56. The number of aliphatic hydroxyl groups is 1. The highest BCUT2D eigenvalue weighted by Crippen LogP contribution is 2.42. The van der Waals surface area contributed by atoms with Gasteiger partial charge in [0.05, 0.1) is 17.1 Å². The van der Waals surface area contributed by atoms with E-state index in [4.69, 9.17) is 5.11 Å². The summed E-state index contributed by atoms with van der Waals surface area (Å²) in [6, 6.07) is 9.22. The number of rotatable bonds is 6. The molecule has 1 fully saturated rings. The summed E-state index contributed by atoms with van der Waals surface area (Å²) in [6.07, 6.45) is 5.28. The number of halogens is 2. The monoisotopic (exact) mass is 425 g/mol. The Morgan fingerprint density at radius 3 is 2.81 bits per heavy atom. The van der Waals surface area contributed by atoms with Gasteiger partial charge in [-0.2, -0.15) is 13.9 Å². The predicted molar refractivity (Wildman–Crippen MR) is 112 cm³/mol. The van der Waals surface area contributed by atoms with Gasteiger partial charge in [-0.15, -0.1) is 0 Å². The standard InChI is InChI=1S/C22H21F2N5O2/c1-21(6-7-21)28-12-16-17(10-19(28)31)29-18(5-8-26-29)27-20(16)25-11-14-3-2-4-15(9-14)22(23,24)13-30/h2-5,8-10,12,30H,6-7,11,13H2,1H3,(H,25,27). The predicted octanol–water partition coefficient (Wildman–Crippen LogP) is 3.25. The quantitative estimate of drug-likeness (QED) is 0.496. The second-order valence-electron chi connectivity index (χ2n) is 8.26. The molecule has 160 valence electrons. The Kier molecular flexibility index (Phi) is 4.33. The van der Waals surface area contributed by atoms with Crippen molar-refractivity contribution in [3.05, 3.63) is 70.3 Å². The van der Waals surface area contributed by atoms with Gasteiger partial charge < -0.3 is 15.0 Å². The van der Waals surface area contributed by atoms with Gasteiger partial charge in [0.2, 0.25) is 0 Å². The molecule has 1 aliphatic rings. The van der Waals surface area contributed by atoms with Crippen LogP contribution < -0.4 is 10.9 Å². The molecule has 0 saturated heterocycles. The van der Waals surface area contributed by atoms with Crippen molar-refractivity contribution in [2.75, 3.05) is 11.9 Å². The number of fused-ring (bicyclic) bond motifs is 3. The molecule has 0 unspecified atom stereocenters. The number of nitrogens with one attached hydrogen (secondary N) is 1. The number of aliphatic hydroxyl groups excluding tert-OH is 1. The highest BCUT2D eigenvalue weighted by molar-refractivity contribution is 5.90. The number of alkyl halides is 2. The number of hydrogen-bond donors (Lipinski definition) is 2. The van der Waals surface area contributed by atoms with Crippen LogP contribution in [-0.4, -0.2) is 30.9 Å². The lowest BCUT2D eigenvalue weighted by Gasteiger charge is -2.17. The lowest BCUT2D eigenvalue weighted by Crippen LogP contribution is -2.27. The fourth-order valence-electron chi connectivity index (χ4n) is 3.79. The summed E-state index contributed by atoms with van der Waals surface area (Å²) in [7, 11) is 0. The van der Waals surface area contributed by atoms with Crippen molar-refractivity contribution in [1.82, 2.24) is 19.2 Å². The highest BCUT2D eigenvalue weighted by Gasteiger charge is 2.40. The summed E-state index contributed by atoms with van der Waals surface area (Å²) >= 11 is 0. The van der Waals surface area contributed by atoms with E-state index in [2.05, 4.69) is 15.4 Å². The maximum Gasteiger partial charge on any atom is 0.295 e. The van der Waals surface area contributed by atoms with E-state index in [0.717, 1.165) is 18.2 Å². The summed E-state index contributed by atoms with van der Waals surface area (Å²) in [5.74, 6) is -2.76. The van der Waals surface area contributed by atoms with Crippen LogP contribution in [0.2, 0.25) is 0 Å². The Hall–Kier alpha value is -3.33. The number of benzene rings is 1. The first-order valence-electron chi connectivity index (χ1n) is 10.0. The highest BCUT2D eigenvalue weighted by atomic mass is 19.3. The van der Waals surface area contributed by atoms with Gasteiger partial charge >= 0.3 is 0 Å². The normalized spacial score (nSPS) is 15.5. The minimum Gasteiger partial charge on any atom is -0.390 e. The molecule has 0 aliphatic heterocycles. The molecule has 1 saturated carbocycles. The minimum atomic E-state index is -3.30. The van der Waals surface area contributed by atoms with Gasteiger partial charge in [-0.25, -0.2) is 9.50 Å².